The van der Waals surface area contributed by atoms with Gasteiger partial charge in [-0.05, 0) is 13.8 Å². The first-order valence-corrected chi connectivity index (χ1v) is 9.33. The molecule has 0 rings (SSSR count). The molecule has 0 unspecified atom stereocenters. The van der Waals surface area contributed by atoms with Gasteiger partial charge >= 0.3 is 59.5 Å². The highest BCUT2D eigenvalue weighted by Gasteiger charge is 2.96. The van der Waals surface area contributed by atoms with Crippen molar-refractivity contribution in [2.45, 2.75) is 67.4 Å². The van der Waals surface area contributed by atoms with Crippen LogP contribution < -0.4 is 0 Å². The molecule has 0 aromatic heterocycles. The third-order valence-electron chi connectivity index (χ3n) is 4.68. The molecule has 0 saturated heterocycles. The third kappa shape index (κ3) is 5.70. The average molecular weight is 626 g/mol. The smallest absolute Gasteiger partial charge is 0.460 e. The van der Waals surface area contributed by atoms with Crippen molar-refractivity contribution in [2.24, 2.45) is 0 Å². The van der Waals surface area contributed by atoms with E-state index in [4.69, 9.17) is 0 Å². The monoisotopic (exact) mass is 626 g/mol. The van der Waals surface area contributed by atoms with Crippen molar-refractivity contribution >= 4 is 5.97 Å². The van der Waals surface area contributed by atoms with Gasteiger partial charge in [0.15, 0.2) is 0 Å². The zero-order valence-corrected chi connectivity index (χ0v) is 18.6. The summed E-state index contributed by atoms with van der Waals surface area (Å²) in [5, 5.41) is 0. The second-order valence-electron chi connectivity index (χ2n) is 7.38. The molecule has 0 bridgehead atoms. The normalized spacial score (nSPS) is 16.0. The van der Waals surface area contributed by atoms with E-state index in [1.54, 1.807) is 0 Å². The lowest BCUT2D eigenvalue weighted by molar-refractivity contribution is -0.469. The van der Waals surface area contributed by atoms with E-state index < -0.39 is 79.3 Å². The minimum atomic E-state index is -8.97. The topological polar surface area (TPSA) is 35.5 Å². The first kappa shape index (κ1) is 36.8. The maximum atomic E-state index is 13.7. The SMILES string of the molecule is CC=C(C)C(=O)OCCOCC(F)(F)C(F)(F)C(F)(F)C(F)(F)C(F)(F)C(F)(F)C(F)(F)C(F)(F)C(F)(F)F. The van der Waals surface area contributed by atoms with Gasteiger partial charge in [0.05, 0.1) is 6.61 Å². The van der Waals surface area contributed by atoms with E-state index in [2.05, 4.69) is 9.47 Å². The second kappa shape index (κ2) is 10.7. The van der Waals surface area contributed by atoms with Gasteiger partial charge in [-0.15, -0.1) is 0 Å². The van der Waals surface area contributed by atoms with Crippen LogP contribution >= 0.6 is 0 Å². The van der Waals surface area contributed by atoms with Gasteiger partial charge in [-0.2, -0.15) is 83.4 Å². The fraction of sp³-hybridized carbons (Fsp3) is 0.824. The Hall–Kier alpha value is -2.16. The molecule has 232 valence electrons. The first-order chi connectivity index (χ1) is 16.9. The number of carbonyl (C=O) groups excluding carboxylic acids is 1. The van der Waals surface area contributed by atoms with E-state index in [1.807, 2.05) is 0 Å². The van der Waals surface area contributed by atoms with Crippen molar-refractivity contribution in [3.05, 3.63) is 11.6 Å². The van der Waals surface area contributed by atoms with Crippen molar-refractivity contribution < 1.29 is 97.7 Å². The van der Waals surface area contributed by atoms with Gasteiger partial charge in [0.25, 0.3) is 0 Å². The summed E-state index contributed by atoms with van der Waals surface area (Å²) in [5.74, 6) is -68.3. The van der Waals surface area contributed by atoms with Crippen molar-refractivity contribution in [1.29, 1.82) is 0 Å². The molecule has 0 saturated carbocycles. The Morgan fingerprint density at radius 3 is 1.23 bits per heavy atom. The maximum absolute atomic E-state index is 13.7. The van der Waals surface area contributed by atoms with Crippen LogP contribution in [0.3, 0.4) is 0 Å². The predicted octanol–water partition coefficient (Wildman–Crippen LogP) is 7.16. The lowest BCUT2D eigenvalue weighted by atomic mass is 9.87. The Bertz CT molecular complexity index is 903. The molecule has 0 aromatic carbocycles. The fourth-order valence-electron chi connectivity index (χ4n) is 2.11. The third-order valence-corrected chi connectivity index (χ3v) is 4.68. The highest BCUT2D eigenvalue weighted by molar-refractivity contribution is 5.87. The van der Waals surface area contributed by atoms with Crippen molar-refractivity contribution in [1.82, 2.24) is 0 Å². The van der Waals surface area contributed by atoms with Gasteiger partial charge in [-0.25, -0.2) is 4.79 Å². The molecule has 0 spiro atoms. The van der Waals surface area contributed by atoms with E-state index in [0.29, 0.717) is 0 Å². The molecule has 0 aliphatic carbocycles. The molecule has 39 heavy (non-hydrogen) atoms. The molecule has 0 aliphatic rings. The molecular weight excluding hydrogens is 613 g/mol. The Balaban J connectivity index is 6.23. The van der Waals surface area contributed by atoms with Crippen LogP contribution in [0, 0.1) is 0 Å². The first-order valence-electron chi connectivity index (χ1n) is 9.33. The molecule has 0 aromatic rings. The van der Waals surface area contributed by atoms with Crippen LogP contribution in [0.15, 0.2) is 11.6 Å². The van der Waals surface area contributed by atoms with E-state index in [9.17, 15) is 88.2 Å². The van der Waals surface area contributed by atoms with Crippen molar-refractivity contribution in [3.63, 3.8) is 0 Å². The fourth-order valence-corrected chi connectivity index (χ4v) is 2.11. The highest BCUT2D eigenvalue weighted by atomic mass is 19.4. The zero-order valence-electron chi connectivity index (χ0n) is 18.6. The lowest BCUT2D eigenvalue weighted by Crippen LogP contribution is -2.76. The van der Waals surface area contributed by atoms with Crippen LogP contribution in [0.4, 0.5) is 83.4 Å². The van der Waals surface area contributed by atoms with Gasteiger partial charge in [-0.3, -0.25) is 0 Å². The van der Waals surface area contributed by atoms with E-state index in [1.165, 1.54) is 6.92 Å². The number of hydrogen-bond acceptors (Lipinski definition) is 3. The number of carbonyl (C=O) groups is 1. The number of rotatable bonds is 13. The number of halogens is 19. The van der Waals surface area contributed by atoms with Gasteiger partial charge in [0, 0.05) is 5.57 Å². The maximum Gasteiger partial charge on any atom is 0.460 e. The Labute approximate surface area is 203 Å². The highest BCUT2D eigenvalue weighted by Crippen LogP contribution is 2.65. The van der Waals surface area contributed by atoms with Crippen LogP contribution in [0.2, 0.25) is 0 Å². The van der Waals surface area contributed by atoms with Crippen LogP contribution in [-0.2, 0) is 14.3 Å². The minimum absolute atomic E-state index is 0.120. The molecule has 0 radical (unpaired) electrons. The molecule has 0 aliphatic heterocycles. The van der Waals surface area contributed by atoms with Gasteiger partial charge in [0.1, 0.15) is 13.2 Å². The molecule has 0 fully saturated rings. The largest absolute Gasteiger partial charge is 0.460 e. The van der Waals surface area contributed by atoms with Gasteiger partial charge < -0.3 is 9.47 Å². The number of alkyl halides is 19. The molecular formula is C17H13F19O3. The summed E-state index contributed by atoms with van der Waals surface area (Å²) >= 11 is 0. The van der Waals surface area contributed by atoms with Crippen molar-refractivity contribution in [2.75, 3.05) is 19.8 Å². The quantitative estimate of drug-likeness (QED) is 0.0943. The summed E-state index contributed by atoms with van der Waals surface area (Å²) in [7, 11) is 0. The summed E-state index contributed by atoms with van der Waals surface area (Å²) in [6.07, 6.45) is -6.79. The lowest BCUT2D eigenvalue weighted by Gasteiger charge is -2.43. The van der Waals surface area contributed by atoms with E-state index in [0.717, 1.165) is 13.0 Å². The van der Waals surface area contributed by atoms with Crippen molar-refractivity contribution in [3.8, 4) is 0 Å². The Morgan fingerprint density at radius 1 is 0.564 bits per heavy atom. The molecule has 0 N–H and O–H groups in total. The Kier molecular flexibility index (Phi) is 10.1. The molecule has 0 heterocycles. The standard InChI is InChI=1S/C17H13F19O3/c1-3-7(2)8(37)39-5-4-38-6-9(18,19)10(20,21)11(22,23)12(24,25)13(26,27)14(28,29)15(30,31)16(32,33)17(34,35)36/h3H,4-6H2,1-2H3. The minimum Gasteiger partial charge on any atom is -0.460 e. The Morgan fingerprint density at radius 2 is 0.897 bits per heavy atom. The summed E-state index contributed by atoms with van der Waals surface area (Å²) in [5.41, 5.74) is -0.120. The molecule has 3 nitrogen and oxygen atoms in total. The molecule has 0 amide bonds. The van der Waals surface area contributed by atoms with Crippen LogP contribution in [0.25, 0.3) is 0 Å². The van der Waals surface area contributed by atoms with E-state index in [-0.39, 0.29) is 5.57 Å². The van der Waals surface area contributed by atoms with Gasteiger partial charge in [0.2, 0.25) is 0 Å². The van der Waals surface area contributed by atoms with Gasteiger partial charge in [-0.1, -0.05) is 6.08 Å². The average Bonchev–Trinajstić information content (AvgIpc) is 2.76. The number of allylic oxidation sites excluding steroid dienone is 1. The number of hydrogen-bond donors (Lipinski definition) is 0. The summed E-state index contributed by atoms with van der Waals surface area (Å²) in [6, 6.07) is 0. The predicted molar refractivity (Wildman–Crippen MR) is 86.8 cm³/mol. The second-order valence-corrected chi connectivity index (χ2v) is 7.38. The summed E-state index contributed by atoms with van der Waals surface area (Å²) < 4.78 is 258. The summed E-state index contributed by atoms with van der Waals surface area (Å²) in [6.45, 7) is -3.21. The number of esters is 1. The summed E-state index contributed by atoms with van der Waals surface area (Å²) in [4.78, 5) is 11.2. The molecule has 0 atom stereocenters. The molecule has 22 heteroatoms. The van der Waals surface area contributed by atoms with E-state index >= 15 is 0 Å². The van der Waals surface area contributed by atoms with Crippen LogP contribution in [-0.4, -0.2) is 79.3 Å². The number of ether oxygens (including phenoxy) is 2. The van der Waals surface area contributed by atoms with Crippen LogP contribution in [0.5, 0.6) is 0 Å². The zero-order chi connectivity index (χ0) is 31.9. The van der Waals surface area contributed by atoms with Crippen LogP contribution in [0.1, 0.15) is 13.8 Å².